The van der Waals surface area contributed by atoms with Crippen LogP contribution >= 0.6 is 0 Å². The molecular weight excluding hydrogens is 408 g/mol. The van der Waals surface area contributed by atoms with E-state index < -0.39 is 0 Å². The van der Waals surface area contributed by atoms with Crippen molar-refractivity contribution in [2.24, 2.45) is 0 Å². The molecule has 8 heteroatoms. The number of rotatable bonds is 21. The Bertz CT molecular complexity index is 433. The van der Waals surface area contributed by atoms with E-state index in [9.17, 15) is 9.59 Å². The van der Waals surface area contributed by atoms with E-state index in [0.717, 1.165) is 77.5 Å². The smallest absolute Gasteiger partial charge is 0.320 e. The van der Waals surface area contributed by atoms with E-state index in [0.29, 0.717) is 26.3 Å². The standard InChI is InChI=1S/C24H50N4O4/c1-25(2)15-13-17-27(5)21-23(29)31-19-11-9-7-8-10-12-20-32-24(30)22-28(6)18-14-16-26(3)4/h7-22H2,1-6H3. The average molecular weight is 459 g/mol. The lowest BCUT2D eigenvalue weighted by Crippen LogP contribution is -2.30. The van der Waals surface area contributed by atoms with Crippen LogP contribution in [0, 0.1) is 0 Å². The highest BCUT2D eigenvalue weighted by molar-refractivity contribution is 5.71. The van der Waals surface area contributed by atoms with Gasteiger partial charge in [-0.3, -0.25) is 19.4 Å². The van der Waals surface area contributed by atoms with Crippen molar-refractivity contribution in [1.29, 1.82) is 0 Å². The molecule has 0 saturated carbocycles. The Morgan fingerprint density at radius 1 is 0.500 bits per heavy atom. The van der Waals surface area contributed by atoms with E-state index in [2.05, 4.69) is 38.0 Å². The Morgan fingerprint density at radius 2 is 0.844 bits per heavy atom. The molecule has 0 aliphatic carbocycles. The maximum atomic E-state index is 11.8. The summed E-state index contributed by atoms with van der Waals surface area (Å²) in [4.78, 5) is 32.0. The van der Waals surface area contributed by atoms with Gasteiger partial charge in [0, 0.05) is 0 Å². The van der Waals surface area contributed by atoms with Crippen LogP contribution in [0.5, 0.6) is 0 Å². The molecular formula is C24H50N4O4. The molecule has 0 aliphatic heterocycles. The van der Waals surface area contributed by atoms with Gasteiger partial charge < -0.3 is 19.3 Å². The lowest BCUT2D eigenvalue weighted by molar-refractivity contribution is -0.145. The first-order valence-corrected chi connectivity index (χ1v) is 12.2. The van der Waals surface area contributed by atoms with Gasteiger partial charge in [0.1, 0.15) is 0 Å². The molecule has 0 rings (SSSR count). The number of hydrogen-bond acceptors (Lipinski definition) is 8. The normalized spacial score (nSPS) is 11.7. The molecule has 0 spiro atoms. The summed E-state index contributed by atoms with van der Waals surface area (Å²) in [6.07, 6.45) is 8.26. The second-order valence-electron chi connectivity index (χ2n) is 9.35. The summed E-state index contributed by atoms with van der Waals surface area (Å²) >= 11 is 0. The highest BCUT2D eigenvalue weighted by atomic mass is 16.5. The van der Waals surface area contributed by atoms with Crippen molar-refractivity contribution in [2.45, 2.75) is 51.4 Å². The molecule has 190 valence electrons. The van der Waals surface area contributed by atoms with Gasteiger partial charge >= 0.3 is 11.9 Å². The molecule has 0 aromatic carbocycles. The van der Waals surface area contributed by atoms with Crippen LogP contribution in [0.1, 0.15) is 51.4 Å². The first-order chi connectivity index (χ1) is 15.2. The van der Waals surface area contributed by atoms with Crippen LogP contribution in [0.2, 0.25) is 0 Å². The number of nitrogens with zero attached hydrogens (tertiary/aromatic N) is 4. The van der Waals surface area contributed by atoms with Gasteiger partial charge in [-0.05, 0) is 94.1 Å². The molecule has 8 nitrogen and oxygen atoms in total. The highest BCUT2D eigenvalue weighted by Crippen LogP contribution is 2.06. The number of hydrogen-bond donors (Lipinski definition) is 0. The molecule has 0 unspecified atom stereocenters. The zero-order valence-corrected chi connectivity index (χ0v) is 21.7. The molecule has 0 saturated heterocycles. The number of ether oxygens (including phenoxy) is 2. The van der Waals surface area contributed by atoms with Gasteiger partial charge in [-0.1, -0.05) is 25.7 Å². The van der Waals surface area contributed by atoms with E-state index in [1.165, 1.54) is 0 Å². The zero-order valence-electron chi connectivity index (χ0n) is 21.7. The van der Waals surface area contributed by atoms with Crippen LogP contribution in [0.25, 0.3) is 0 Å². The number of carbonyl (C=O) groups is 2. The van der Waals surface area contributed by atoms with Crippen molar-refractivity contribution in [3.05, 3.63) is 0 Å². The fraction of sp³-hybridized carbons (Fsp3) is 0.917. The summed E-state index contributed by atoms with van der Waals surface area (Å²) in [7, 11) is 12.1. The van der Waals surface area contributed by atoms with Gasteiger partial charge in [0.05, 0.1) is 26.3 Å². The van der Waals surface area contributed by atoms with Crippen molar-refractivity contribution in [3.8, 4) is 0 Å². The number of carbonyl (C=O) groups excluding carboxylic acids is 2. The Balaban J connectivity index is 3.46. The number of likely N-dealkylation sites (N-methyl/N-ethyl adjacent to an activating group) is 2. The first-order valence-electron chi connectivity index (χ1n) is 12.2. The third kappa shape index (κ3) is 22.0. The minimum absolute atomic E-state index is 0.137. The second kappa shape index (κ2) is 20.4. The Kier molecular flexibility index (Phi) is 19.6. The van der Waals surface area contributed by atoms with Gasteiger partial charge in [-0.25, -0.2) is 0 Å². The maximum Gasteiger partial charge on any atom is 0.320 e. The Labute approximate surface area is 197 Å². The highest BCUT2D eigenvalue weighted by Gasteiger charge is 2.08. The van der Waals surface area contributed by atoms with Crippen LogP contribution in [-0.2, 0) is 19.1 Å². The second-order valence-corrected chi connectivity index (χ2v) is 9.35. The molecule has 0 amide bonds. The molecule has 0 aliphatic rings. The monoisotopic (exact) mass is 458 g/mol. The molecule has 0 fully saturated rings. The lowest BCUT2D eigenvalue weighted by atomic mass is 10.1. The minimum atomic E-state index is -0.137. The molecule has 0 radical (unpaired) electrons. The summed E-state index contributed by atoms with van der Waals surface area (Å²) in [5.41, 5.74) is 0. The van der Waals surface area contributed by atoms with E-state index in [1.807, 2.05) is 23.9 Å². The molecule has 0 aromatic heterocycles. The Morgan fingerprint density at radius 3 is 1.19 bits per heavy atom. The van der Waals surface area contributed by atoms with Crippen LogP contribution in [0.15, 0.2) is 0 Å². The molecule has 0 heterocycles. The van der Waals surface area contributed by atoms with Gasteiger partial charge in [0.2, 0.25) is 0 Å². The van der Waals surface area contributed by atoms with Crippen LogP contribution in [0.3, 0.4) is 0 Å². The minimum Gasteiger partial charge on any atom is -0.465 e. The summed E-state index contributed by atoms with van der Waals surface area (Å²) in [6.45, 7) is 5.57. The zero-order chi connectivity index (χ0) is 24.2. The van der Waals surface area contributed by atoms with Crippen LogP contribution in [-0.4, -0.2) is 126 Å². The van der Waals surface area contributed by atoms with Crippen molar-refractivity contribution in [2.75, 3.05) is 94.8 Å². The van der Waals surface area contributed by atoms with Crippen LogP contribution in [0.4, 0.5) is 0 Å². The van der Waals surface area contributed by atoms with Gasteiger partial charge in [-0.15, -0.1) is 0 Å². The van der Waals surface area contributed by atoms with Crippen LogP contribution < -0.4 is 0 Å². The van der Waals surface area contributed by atoms with E-state index >= 15 is 0 Å². The summed E-state index contributed by atoms with van der Waals surface area (Å²) in [5.74, 6) is -0.273. The lowest BCUT2D eigenvalue weighted by Gasteiger charge is -2.17. The van der Waals surface area contributed by atoms with E-state index in [-0.39, 0.29) is 11.9 Å². The predicted octanol–water partition coefficient (Wildman–Crippen LogP) is 2.18. The number of unbranched alkanes of at least 4 members (excludes halogenated alkanes) is 5. The van der Waals surface area contributed by atoms with Crippen molar-refractivity contribution < 1.29 is 19.1 Å². The predicted molar refractivity (Wildman–Crippen MR) is 131 cm³/mol. The van der Waals surface area contributed by atoms with E-state index in [4.69, 9.17) is 9.47 Å². The van der Waals surface area contributed by atoms with Gasteiger partial charge in [-0.2, -0.15) is 0 Å². The molecule has 0 bridgehead atoms. The largest absolute Gasteiger partial charge is 0.465 e. The van der Waals surface area contributed by atoms with Crippen molar-refractivity contribution >= 4 is 11.9 Å². The third-order valence-electron chi connectivity index (χ3n) is 5.15. The van der Waals surface area contributed by atoms with Crippen molar-refractivity contribution in [3.63, 3.8) is 0 Å². The summed E-state index contributed by atoms with van der Waals surface area (Å²) in [5, 5.41) is 0. The first kappa shape index (κ1) is 30.8. The fourth-order valence-electron chi connectivity index (χ4n) is 3.29. The average Bonchev–Trinajstić information content (AvgIpc) is 2.68. The molecule has 0 aromatic rings. The van der Waals surface area contributed by atoms with Gasteiger partial charge in [0.15, 0.2) is 0 Å². The summed E-state index contributed by atoms with van der Waals surface area (Å²) in [6, 6.07) is 0. The fourth-order valence-corrected chi connectivity index (χ4v) is 3.29. The topological polar surface area (TPSA) is 65.6 Å². The third-order valence-corrected chi connectivity index (χ3v) is 5.15. The quantitative estimate of drug-likeness (QED) is 0.192. The Hall–Kier alpha value is -1.22. The van der Waals surface area contributed by atoms with Crippen molar-refractivity contribution in [1.82, 2.24) is 19.6 Å². The van der Waals surface area contributed by atoms with Gasteiger partial charge in [0.25, 0.3) is 0 Å². The molecule has 0 atom stereocenters. The maximum absolute atomic E-state index is 11.8. The number of esters is 2. The molecule has 32 heavy (non-hydrogen) atoms. The molecule has 0 N–H and O–H groups in total. The SMILES string of the molecule is CN(C)CCCN(C)CC(=O)OCCCCCCCCOC(=O)CN(C)CCCN(C)C. The summed E-state index contributed by atoms with van der Waals surface area (Å²) < 4.78 is 10.6. The van der Waals surface area contributed by atoms with E-state index in [1.54, 1.807) is 0 Å².